The number of hydrogen-bond donors (Lipinski definition) is 3. The lowest BCUT2D eigenvalue weighted by atomic mass is 9.92. The molecular formula is C14H13N5O3. The summed E-state index contributed by atoms with van der Waals surface area (Å²) in [5.41, 5.74) is 11.4. The summed E-state index contributed by atoms with van der Waals surface area (Å²) < 4.78 is 0. The third-order valence-electron chi connectivity index (χ3n) is 3.43. The van der Waals surface area contributed by atoms with Crippen molar-refractivity contribution in [3.63, 3.8) is 0 Å². The molecule has 0 saturated heterocycles. The Labute approximate surface area is 125 Å². The van der Waals surface area contributed by atoms with Crippen LogP contribution in [-0.4, -0.2) is 38.5 Å². The fraction of sp³-hybridized carbons (Fsp3) is 0.143. The lowest BCUT2D eigenvalue weighted by Crippen LogP contribution is -2.38. The molecule has 0 atom stereocenters. The number of primary amides is 1. The van der Waals surface area contributed by atoms with Crippen LogP contribution in [0.5, 0.6) is 0 Å². The first-order chi connectivity index (χ1) is 10.6. The lowest BCUT2D eigenvalue weighted by molar-refractivity contribution is -0.138. The Hall–Kier alpha value is -3.16. The fourth-order valence-corrected chi connectivity index (χ4v) is 2.48. The van der Waals surface area contributed by atoms with Crippen LogP contribution < -0.4 is 11.2 Å². The average Bonchev–Trinajstić information content (AvgIpc) is 2.86. The molecule has 0 fully saturated rings. The number of carbonyl (C=O) groups is 2. The number of rotatable bonds is 4. The Bertz CT molecular complexity index is 736. The Kier molecular flexibility index (Phi) is 3.34. The van der Waals surface area contributed by atoms with E-state index in [1.54, 1.807) is 18.5 Å². The van der Waals surface area contributed by atoms with Gasteiger partial charge in [-0.1, -0.05) is 6.08 Å². The molecule has 0 bridgehead atoms. The number of hydrogen-bond acceptors (Lipinski definition) is 6. The van der Waals surface area contributed by atoms with Gasteiger partial charge >= 0.3 is 5.97 Å². The first kappa shape index (κ1) is 13.8. The van der Waals surface area contributed by atoms with Crippen LogP contribution in [0.1, 0.15) is 12.0 Å². The zero-order valence-electron chi connectivity index (χ0n) is 11.5. The van der Waals surface area contributed by atoms with Crippen molar-refractivity contribution in [1.29, 1.82) is 0 Å². The summed E-state index contributed by atoms with van der Waals surface area (Å²) in [5.74, 6) is -1.64. The summed E-state index contributed by atoms with van der Waals surface area (Å²) in [4.78, 5) is 30.4. The second-order valence-electron chi connectivity index (χ2n) is 4.86. The van der Waals surface area contributed by atoms with Gasteiger partial charge in [-0.3, -0.25) is 20.0 Å². The van der Waals surface area contributed by atoms with Crippen LogP contribution in [0.15, 0.2) is 47.8 Å². The SMILES string of the molecule is NC(=O)C1=C2CC(c3cncnc3)=CC=C2N(CC(=O)O)N1. The van der Waals surface area contributed by atoms with E-state index >= 15 is 0 Å². The highest BCUT2D eigenvalue weighted by atomic mass is 16.4. The highest BCUT2D eigenvalue weighted by molar-refractivity contribution is 5.95. The van der Waals surface area contributed by atoms with Gasteiger partial charge in [-0.05, 0) is 11.6 Å². The topological polar surface area (TPSA) is 121 Å². The molecule has 0 radical (unpaired) electrons. The van der Waals surface area contributed by atoms with Gasteiger partial charge in [-0.15, -0.1) is 0 Å². The molecule has 0 spiro atoms. The molecule has 8 heteroatoms. The van der Waals surface area contributed by atoms with E-state index in [4.69, 9.17) is 10.8 Å². The van der Waals surface area contributed by atoms with Gasteiger partial charge in [0, 0.05) is 30.0 Å². The minimum atomic E-state index is -1.01. The van der Waals surface area contributed by atoms with Crippen LogP contribution >= 0.6 is 0 Å². The van der Waals surface area contributed by atoms with Gasteiger partial charge in [0.2, 0.25) is 0 Å². The number of aromatic nitrogens is 2. The van der Waals surface area contributed by atoms with Crippen molar-refractivity contribution in [3.8, 4) is 0 Å². The van der Waals surface area contributed by atoms with Gasteiger partial charge in [-0.25, -0.2) is 9.97 Å². The third-order valence-corrected chi connectivity index (χ3v) is 3.43. The summed E-state index contributed by atoms with van der Waals surface area (Å²) in [7, 11) is 0. The number of amides is 1. The highest BCUT2D eigenvalue weighted by Gasteiger charge is 2.32. The Balaban J connectivity index is 1.99. The van der Waals surface area contributed by atoms with Gasteiger partial charge < -0.3 is 10.8 Å². The van der Waals surface area contributed by atoms with E-state index in [1.807, 2.05) is 6.08 Å². The second kappa shape index (κ2) is 5.32. The minimum Gasteiger partial charge on any atom is -0.480 e. The van der Waals surface area contributed by atoms with Gasteiger partial charge in [0.25, 0.3) is 5.91 Å². The molecule has 2 heterocycles. The van der Waals surface area contributed by atoms with E-state index in [0.29, 0.717) is 17.7 Å². The number of carbonyl (C=O) groups excluding carboxylic acids is 1. The van der Waals surface area contributed by atoms with E-state index in [-0.39, 0.29) is 12.2 Å². The van der Waals surface area contributed by atoms with Crippen molar-refractivity contribution in [3.05, 3.63) is 53.4 Å². The molecule has 0 unspecified atom stereocenters. The van der Waals surface area contributed by atoms with Crippen molar-refractivity contribution in [2.45, 2.75) is 6.42 Å². The number of aliphatic carboxylic acids is 1. The highest BCUT2D eigenvalue weighted by Crippen LogP contribution is 2.36. The van der Waals surface area contributed by atoms with Crippen LogP contribution in [0.2, 0.25) is 0 Å². The molecule has 1 aliphatic heterocycles. The maximum absolute atomic E-state index is 11.6. The van der Waals surface area contributed by atoms with Crippen LogP contribution in [0.25, 0.3) is 5.57 Å². The average molecular weight is 299 g/mol. The third kappa shape index (κ3) is 2.41. The summed E-state index contributed by atoms with van der Waals surface area (Å²) in [6.07, 6.45) is 8.86. The molecule has 112 valence electrons. The van der Waals surface area contributed by atoms with Crippen LogP contribution in [0.4, 0.5) is 0 Å². The summed E-state index contributed by atoms with van der Waals surface area (Å²) in [5, 5.41) is 10.3. The number of nitrogens with zero attached hydrogens (tertiary/aromatic N) is 3. The minimum absolute atomic E-state index is 0.218. The van der Waals surface area contributed by atoms with E-state index in [2.05, 4.69) is 15.4 Å². The Morgan fingerprint density at radius 3 is 2.68 bits per heavy atom. The van der Waals surface area contributed by atoms with Gasteiger partial charge in [0.15, 0.2) is 0 Å². The number of nitrogens with two attached hydrogens (primary N) is 1. The molecule has 0 aromatic carbocycles. The molecule has 1 amide bonds. The normalized spacial score (nSPS) is 16.6. The Morgan fingerprint density at radius 2 is 2.05 bits per heavy atom. The standard InChI is InChI=1S/C14H13N5O3/c15-14(22)13-10-3-8(9-4-16-7-17-5-9)1-2-11(10)19(18-13)6-12(20)21/h1-2,4-5,7,18H,3,6H2,(H2,15,22)(H,20,21). The predicted octanol–water partition coefficient (Wildman–Crippen LogP) is -0.208. The van der Waals surface area contributed by atoms with E-state index in [0.717, 1.165) is 11.1 Å². The molecule has 1 aliphatic carbocycles. The maximum Gasteiger partial charge on any atom is 0.325 e. The van der Waals surface area contributed by atoms with Gasteiger partial charge in [0.1, 0.15) is 18.6 Å². The number of carboxylic acids is 1. The first-order valence-corrected chi connectivity index (χ1v) is 6.52. The van der Waals surface area contributed by atoms with Crippen molar-refractivity contribution < 1.29 is 14.7 Å². The number of fused-ring (bicyclic) bond motifs is 1. The van der Waals surface area contributed by atoms with E-state index in [1.165, 1.54) is 11.3 Å². The summed E-state index contributed by atoms with van der Waals surface area (Å²) in [6, 6.07) is 0. The monoisotopic (exact) mass is 299 g/mol. The van der Waals surface area contributed by atoms with Crippen LogP contribution in [0, 0.1) is 0 Å². The van der Waals surface area contributed by atoms with Crippen molar-refractivity contribution in [1.82, 2.24) is 20.4 Å². The number of hydrazine groups is 1. The molecule has 2 aliphatic rings. The van der Waals surface area contributed by atoms with Crippen LogP contribution in [-0.2, 0) is 9.59 Å². The smallest absolute Gasteiger partial charge is 0.325 e. The molecule has 1 aromatic rings. The zero-order chi connectivity index (χ0) is 15.7. The molecule has 1 aromatic heterocycles. The maximum atomic E-state index is 11.6. The van der Waals surface area contributed by atoms with Crippen molar-refractivity contribution in [2.75, 3.05) is 6.54 Å². The first-order valence-electron chi connectivity index (χ1n) is 6.52. The molecule has 0 saturated carbocycles. The molecule has 4 N–H and O–H groups in total. The molecule has 22 heavy (non-hydrogen) atoms. The second-order valence-corrected chi connectivity index (χ2v) is 4.86. The molecule has 8 nitrogen and oxygen atoms in total. The quantitative estimate of drug-likeness (QED) is 0.703. The Morgan fingerprint density at radius 1 is 1.32 bits per heavy atom. The lowest BCUT2D eigenvalue weighted by Gasteiger charge is -2.21. The fourth-order valence-electron chi connectivity index (χ4n) is 2.48. The largest absolute Gasteiger partial charge is 0.480 e. The molecular weight excluding hydrogens is 286 g/mol. The zero-order valence-corrected chi connectivity index (χ0v) is 11.5. The van der Waals surface area contributed by atoms with Crippen molar-refractivity contribution in [2.24, 2.45) is 5.73 Å². The number of carboxylic acid groups (broad SMARTS) is 1. The van der Waals surface area contributed by atoms with Crippen molar-refractivity contribution >= 4 is 17.4 Å². The van der Waals surface area contributed by atoms with Gasteiger partial charge in [0.05, 0.1) is 5.70 Å². The summed E-state index contributed by atoms with van der Waals surface area (Å²) in [6.45, 7) is -0.274. The number of allylic oxidation sites excluding steroid dienone is 4. The van der Waals surface area contributed by atoms with E-state index in [9.17, 15) is 9.59 Å². The summed E-state index contributed by atoms with van der Waals surface area (Å²) >= 11 is 0. The van der Waals surface area contributed by atoms with Crippen LogP contribution in [0.3, 0.4) is 0 Å². The number of nitrogens with one attached hydrogen (secondary N) is 1. The molecule has 3 rings (SSSR count). The van der Waals surface area contributed by atoms with E-state index < -0.39 is 11.9 Å². The van der Waals surface area contributed by atoms with Gasteiger partial charge in [-0.2, -0.15) is 0 Å². The predicted molar refractivity (Wildman–Crippen MR) is 76.4 cm³/mol.